The van der Waals surface area contributed by atoms with Crippen LogP contribution < -0.4 is 5.73 Å². The summed E-state index contributed by atoms with van der Waals surface area (Å²) in [5.41, 5.74) is 8.66. The van der Waals surface area contributed by atoms with Crippen molar-refractivity contribution in [2.45, 2.75) is 33.2 Å². The van der Waals surface area contributed by atoms with E-state index in [1.54, 1.807) is 11.8 Å². The van der Waals surface area contributed by atoms with Crippen LogP contribution in [0, 0.1) is 0 Å². The number of nitrogens with zero attached hydrogens (tertiary/aromatic N) is 1. The monoisotopic (exact) mass is 209 g/mol. The number of carbonyl (C=O) groups excluding carboxylic acids is 2. The van der Waals surface area contributed by atoms with Gasteiger partial charge in [-0.05, 0) is 32.8 Å². The largest absolute Gasteiger partial charge is 0.292 e. The van der Waals surface area contributed by atoms with Gasteiger partial charge in [0, 0.05) is 13.1 Å². The van der Waals surface area contributed by atoms with Crippen LogP contribution in [0.3, 0.4) is 0 Å². The van der Waals surface area contributed by atoms with Crippen molar-refractivity contribution in [2.24, 2.45) is 0 Å². The molecule has 1 rings (SSSR count). The Kier molecular flexibility index (Phi) is 3.63. The Morgan fingerprint density at radius 1 is 1.20 bits per heavy atom. The Balaban J connectivity index is 2.85. The Hall–Kier alpha value is -1.16. The predicted molar refractivity (Wildman–Crippen MR) is 57.1 cm³/mol. The van der Waals surface area contributed by atoms with Crippen LogP contribution in [0.15, 0.2) is 11.1 Å². The molecule has 1 heterocycles. The van der Waals surface area contributed by atoms with Gasteiger partial charge in [-0.25, -0.2) is 0 Å². The Bertz CT molecular complexity index is 313. The fraction of sp³-hybridized carbons (Fsp3) is 0.636. The first-order valence-electron chi connectivity index (χ1n) is 5.13. The van der Waals surface area contributed by atoms with Gasteiger partial charge in [0.15, 0.2) is 11.8 Å². The lowest BCUT2D eigenvalue weighted by molar-refractivity contribution is -0.134. The number of nitrogens with one attached hydrogen (secondary N) is 1. The molecule has 1 saturated heterocycles. The van der Waals surface area contributed by atoms with Crippen LogP contribution in [0.5, 0.6) is 0 Å². The maximum Gasteiger partial charge on any atom is 0.263 e. The van der Waals surface area contributed by atoms with Gasteiger partial charge < -0.3 is 0 Å². The molecule has 1 radical (unpaired) electrons. The molecule has 4 nitrogen and oxygen atoms in total. The van der Waals surface area contributed by atoms with Crippen molar-refractivity contribution in [3.8, 4) is 0 Å². The second-order valence-corrected chi connectivity index (χ2v) is 4.15. The van der Waals surface area contributed by atoms with Crippen LogP contribution in [0.1, 0.15) is 27.2 Å². The molecule has 83 valence electrons. The van der Waals surface area contributed by atoms with Gasteiger partial charge in [0.2, 0.25) is 0 Å². The summed E-state index contributed by atoms with van der Waals surface area (Å²) in [7, 11) is 0. The predicted octanol–water partition coefficient (Wildman–Crippen LogP) is 0.796. The fourth-order valence-corrected chi connectivity index (χ4v) is 1.50. The normalized spacial score (nSPS) is 17.8. The minimum Gasteiger partial charge on any atom is -0.292 e. The van der Waals surface area contributed by atoms with Crippen molar-refractivity contribution >= 4 is 11.7 Å². The summed E-state index contributed by atoms with van der Waals surface area (Å²) in [6, 6.07) is -0.867. The highest BCUT2D eigenvalue weighted by molar-refractivity contribution is 6.12. The fourth-order valence-electron chi connectivity index (χ4n) is 1.50. The van der Waals surface area contributed by atoms with E-state index in [-0.39, 0.29) is 5.78 Å². The van der Waals surface area contributed by atoms with Crippen molar-refractivity contribution in [3.63, 3.8) is 0 Å². The van der Waals surface area contributed by atoms with Crippen LogP contribution >= 0.6 is 0 Å². The average molecular weight is 209 g/mol. The Morgan fingerprint density at radius 2 is 1.73 bits per heavy atom. The van der Waals surface area contributed by atoms with Gasteiger partial charge in [0.1, 0.15) is 0 Å². The highest BCUT2D eigenvalue weighted by atomic mass is 16.2. The van der Waals surface area contributed by atoms with E-state index in [0.29, 0.717) is 5.57 Å². The molecule has 0 aromatic carbocycles. The summed E-state index contributed by atoms with van der Waals surface area (Å²) in [5.74, 6) is -1.00. The molecule has 1 amide bonds. The maximum atomic E-state index is 11.9. The molecule has 0 aromatic heterocycles. The van der Waals surface area contributed by atoms with Crippen LogP contribution in [0.2, 0.25) is 0 Å². The van der Waals surface area contributed by atoms with Crippen molar-refractivity contribution in [2.75, 3.05) is 13.1 Å². The average Bonchev–Trinajstić information content (AvgIpc) is 2.07. The number of allylic oxidation sites excluding steroid dienone is 1. The third-order valence-corrected chi connectivity index (χ3v) is 2.87. The number of rotatable bonds is 4. The van der Waals surface area contributed by atoms with E-state index < -0.39 is 11.9 Å². The summed E-state index contributed by atoms with van der Waals surface area (Å²) in [4.78, 5) is 24.8. The van der Waals surface area contributed by atoms with Crippen LogP contribution in [0.4, 0.5) is 0 Å². The standard InChI is InChI=1S/C11H17N2O2/c1-7(2)8(3)10(14)9(11(12)15)13-5-4-6-13/h9,12H,4-6H2,1-3H3. The minimum atomic E-state index is -0.867. The topological polar surface area (TPSA) is 61.2 Å². The second kappa shape index (κ2) is 4.57. The summed E-state index contributed by atoms with van der Waals surface area (Å²) >= 11 is 0. The first-order valence-corrected chi connectivity index (χ1v) is 5.13. The smallest absolute Gasteiger partial charge is 0.263 e. The van der Waals surface area contributed by atoms with E-state index in [2.05, 4.69) is 0 Å². The van der Waals surface area contributed by atoms with E-state index in [0.717, 1.165) is 25.1 Å². The van der Waals surface area contributed by atoms with Gasteiger partial charge in [-0.3, -0.25) is 20.2 Å². The van der Waals surface area contributed by atoms with Gasteiger partial charge in [-0.2, -0.15) is 0 Å². The number of hydrogen-bond acceptors (Lipinski definition) is 3. The van der Waals surface area contributed by atoms with E-state index >= 15 is 0 Å². The molecule has 1 atom stereocenters. The molecule has 1 fully saturated rings. The molecule has 0 aromatic rings. The molecule has 0 spiro atoms. The highest BCUT2D eigenvalue weighted by Gasteiger charge is 2.35. The SMILES string of the molecule is CC(C)=C(C)C(=O)C(C([NH])=O)N1CCC1. The summed E-state index contributed by atoms with van der Waals surface area (Å²) in [6.45, 7) is 6.89. The molecule has 4 heteroatoms. The molecule has 1 aliphatic heterocycles. The quantitative estimate of drug-likeness (QED) is 0.508. The van der Waals surface area contributed by atoms with Gasteiger partial charge in [0.25, 0.3) is 5.91 Å². The first-order chi connectivity index (χ1) is 6.95. The van der Waals surface area contributed by atoms with E-state index in [9.17, 15) is 9.59 Å². The number of carbonyl (C=O) groups is 2. The maximum absolute atomic E-state index is 11.9. The zero-order chi connectivity index (χ0) is 11.6. The number of ketones is 1. The van der Waals surface area contributed by atoms with E-state index in [1.165, 1.54) is 0 Å². The summed E-state index contributed by atoms with van der Waals surface area (Å²) in [6.07, 6.45) is 1.00. The van der Waals surface area contributed by atoms with Crippen LogP contribution in [-0.2, 0) is 9.59 Å². The van der Waals surface area contributed by atoms with Gasteiger partial charge in [0.05, 0.1) is 0 Å². The Morgan fingerprint density at radius 3 is 2.00 bits per heavy atom. The van der Waals surface area contributed by atoms with Crippen molar-refractivity contribution in [1.29, 1.82) is 0 Å². The van der Waals surface area contributed by atoms with Crippen LogP contribution in [0.25, 0.3) is 0 Å². The molecule has 1 unspecified atom stereocenters. The van der Waals surface area contributed by atoms with Gasteiger partial charge in [-0.15, -0.1) is 0 Å². The lowest BCUT2D eigenvalue weighted by atomic mass is 9.98. The molecule has 15 heavy (non-hydrogen) atoms. The molecule has 0 aliphatic carbocycles. The zero-order valence-corrected chi connectivity index (χ0v) is 9.46. The summed E-state index contributed by atoms with van der Waals surface area (Å²) in [5, 5.41) is 0. The first kappa shape index (κ1) is 11.9. The molecule has 1 aliphatic rings. The lowest BCUT2D eigenvalue weighted by Gasteiger charge is -2.35. The zero-order valence-electron chi connectivity index (χ0n) is 9.46. The molecule has 1 N–H and O–H groups in total. The molecule has 0 bridgehead atoms. The van der Waals surface area contributed by atoms with E-state index in [1.807, 2.05) is 13.8 Å². The summed E-state index contributed by atoms with van der Waals surface area (Å²) < 4.78 is 0. The minimum absolute atomic E-state index is 0.213. The second-order valence-electron chi connectivity index (χ2n) is 4.15. The molecule has 0 saturated carbocycles. The van der Waals surface area contributed by atoms with Gasteiger partial charge in [-0.1, -0.05) is 5.57 Å². The highest BCUT2D eigenvalue weighted by Crippen LogP contribution is 2.16. The number of hydrogen-bond donors (Lipinski definition) is 0. The van der Waals surface area contributed by atoms with Crippen molar-refractivity contribution in [1.82, 2.24) is 10.6 Å². The molecular weight excluding hydrogens is 192 g/mol. The number of amides is 1. The lowest BCUT2D eigenvalue weighted by Crippen LogP contribution is -2.53. The third-order valence-electron chi connectivity index (χ3n) is 2.87. The Labute approximate surface area is 90.1 Å². The van der Waals surface area contributed by atoms with E-state index in [4.69, 9.17) is 5.73 Å². The van der Waals surface area contributed by atoms with Crippen molar-refractivity contribution < 1.29 is 9.59 Å². The van der Waals surface area contributed by atoms with Crippen molar-refractivity contribution in [3.05, 3.63) is 11.1 Å². The van der Waals surface area contributed by atoms with Crippen LogP contribution in [-0.4, -0.2) is 35.7 Å². The number of Topliss-reactive ketones (excluding diaryl/α,β-unsaturated/α-hetero) is 1. The van der Waals surface area contributed by atoms with Gasteiger partial charge >= 0.3 is 0 Å². The molecular formula is C11H17N2O2. The third kappa shape index (κ3) is 2.45. The number of likely N-dealkylation sites (tertiary alicyclic amines) is 1.